The highest BCUT2D eigenvalue weighted by atomic mass is 35.5. The van der Waals surface area contributed by atoms with Crippen molar-refractivity contribution in [2.45, 2.75) is 37.9 Å². The van der Waals surface area contributed by atoms with Gasteiger partial charge < -0.3 is 5.11 Å². The van der Waals surface area contributed by atoms with E-state index in [1.54, 1.807) is 12.1 Å². The normalized spacial score (nSPS) is 13.9. The molecule has 0 fully saturated rings. The summed E-state index contributed by atoms with van der Waals surface area (Å²) in [6.45, 7) is 3.43. The molecule has 0 aliphatic rings. The first kappa shape index (κ1) is 18.3. The quantitative estimate of drug-likeness (QED) is 0.610. The molecule has 0 aliphatic heterocycles. The summed E-state index contributed by atoms with van der Waals surface area (Å²) in [6.07, 6.45) is 6.11. The SMILES string of the molecule is C#CC(CC)c1ccc(N(Cl)S(=O)(=O)C(CC)C(=O)O)cc1. The average Bonchev–Trinajstić information content (AvgIpc) is 2.48. The molecule has 22 heavy (non-hydrogen) atoms. The molecular weight excluding hydrogens is 326 g/mol. The van der Waals surface area contributed by atoms with Gasteiger partial charge in [-0.25, -0.2) is 8.42 Å². The van der Waals surface area contributed by atoms with Crippen LogP contribution in [0, 0.1) is 12.3 Å². The Hall–Kier alpha value is -1.71. The molecule has 0 bridgehead atoms. The number of rotatable bonds is 7. The Morgan fingerprint density at radius 3 is 2.23 bits per heavy atom. The number of carboxylic acid groups (broad SMARTS) is 1. The van der Waals surface area contributed by atoms with Gasteiger partial charge in [0, 0.05) is 17.7 Å². The third kappa shape index (κ3) is 3.73. The summed E-state index contributed by atoms with van der Waals surface area (Å²) in [5.41, 5.74) is 1.05. The number of benzene rings is 1. The van der Waals surface area contributed by atoms with E-state index in [1.165, 1.54) is 19.1 Å². The number of nitrogens with zero attached hydrogens (tertiary/aromatic N) is 1. The molecule has 5 nitrogen and oxygen atoms in total. The number of carbonyl (C=O) groups is 1. The van der Waals surface area contributed by atoms with Crippen molar-refractivity contribution in [3.05, 3.63) is 29.8 Å². The van der Waals surface area contributed by atoms with E-state index in [0.717, 1.165) is 12.0 Å². The van der Waals surface area contributed by atoms with Gasteiger partial charge in [-0.1, -0.05) is 31.9 Å². The Labute approximate surface area is 136 Å². The van der Waals surface area contributed by atoms with Gasteiger partial charge in [0.2, 0.25) is 0 Å². The molecule has 1 aromatic carbocycles. The summed E-state index contributed by atoms with van der Waals surface area (Å²) >= 11 is 5.86. The Bertz CT molecular complexity index is 664. The van der Waals surface area contributed by atoms with Crippen molar-refractivity contribution >= 4 is 33.5 Å². The number of sulfonamides is 1. The molecule has 0 heterocycles. The number of aliphatic carboxylic acids is 1. The summed E-state index contributed by atoms with van der Waals surface area (Å²) in [4.78, 5) is 11.0. The number of hydrogen-bond acceptors (Lipinski definition) is 3. The maximum absolute atomic E-state index is 12.2. The van der Waals surface area contributed by atoms with Crippen LogP contribution in [0.3, 0.4) is 0 Å². The van der Waals surface area contributed by atoms with Crippen LogP contribution in [0.5, 0.6) is 0 Å². The standard InChI is InChI=1S/C15H18ClNO4S/c1-4-11(5-2)12-7-9-13(10-8-12)17(16)22(20,21)14(6-3)15(18)19/h1,7-11,14H,5-6H2,2-3H3,(H,18,19). The second-order valence-electron chi connectivity index (χ2n) is 4.71. The minimum atomic E-state index is -4.19. The lowest BCUT2D eigenvalue weighted by Gasteiger charge is -2.20. The third-order valence-corrected chi connectivity index (χ3v) is 6.02. The fourth-order valence-electron chi connectivity index (χ4n) is 2.04. The monoisotopic (exact) mass is 343 g/mol. The van der Waals surface area contributed by atoms with Crippen molar-refractivity contribution in [2.24, 2.45) is 0 Å². The van der Waals surface area contributed by atoms with Gasteiger partial charge in [0.15, 0.2) is 5.25 Å². The van der Waals surface area contributed by atoms with E-state index >= 15 is 0 Å². The zero-order valence-electron chi connectivity index (χ0n) is 12.4. The summed E-state index contributed by atoms with van der Waals surface area (Å²) in [6, 6.07) is 6.40. The van der Waals surface area contributed by atoms with E-state index in [1.807, 2.05) is 6.92 Å². The molecular formula is C15H18ClNO4S. The lowest BCUT2D eigenvalue weighted by molar-refractivity contribution is -0.136. The number of halogens is 1. The van der Waals surface area contributed by atoms with Gasteiger partial charge in [-0.3, -0.25) is 4.79 Å². The van der Waals surface area contributed by atoms with Crippen molar-refractivity contribution in [3.63, 3.8) is 0 Å². The first-order valence-corrected chi connectivity index (χ1v) is 8.62. The highest BCUT2D eigenvalue weighted by Gasteiger charge is 2.36. The van der Waals surface area contributed by atoms with Gasteiger partial charge in [0.1, 0.15) is 0 Å². The maximum atomic E-state index is 12.2. The molecule has 0 aromatic heterocycles. The Morgan fingerprint density at radius 1 is 1.32 bits per heavy atom. The fourth-order valence-corrected chi connectivity index (χ4v) is 3.76. The molecule has 0 aliphatic carbocycles. The molecule has 0 saturated carbocycles. The van der Waals surface area contributed by atoms with Crippen LogP contribution in [0.25, 0.3) is 0 Å². The molecule has 1 N–H and O–H groups in total. The smallest absolute Gasteiger partial charge is 0.323 e. The van der Waals surface area contributed by atoms with E-state index in [2.05, 4.69) is 5.92 Å². The van der Waals surface area contributed by atoms with Crippen LogP contribution in [0.1, 0.15) is 38.2 Å². The van der Waals surface area contributed by atoms with Crippen LogP contribution in [0.2, 0.25) is 0 Å². The Balaban J connectivity index is 3.11. The van der Waals surface area contributed by atoms with Gasteiger partial charge in [0.25, 0.3) is 10.0 Å². The predicted molar refractivity (Wildman–Crippen MR) is 87.3 cm³/mol. The molecule has 7 heteroatoms. The minimum Gasteiger partial charge on any atom is -0.480 e. The van der Waals surface area contributed by atoms with Crippen LogP contribution in [0.15, 0.2) is 24.3 Å². The van der Waals surface area contributed by atoms with E-state index in [-0.39, 0.29) is 18.0 Å². The van der Waals surface area contributed by atoms with Crippen molar-refractivity contribution < 1.29 is 18.3 Å². The second kappa shape index (κ2) is 7.52. The summed E-state index contributed by atoms with van der Waals surface area (Å²) in [7, 11) is -4.19. The minimum absolute atomic E-state index is 0.0585. The van der Waals surface area contributed by atoms with Crippen LogP contribution in [-0.2, 0) is 14.8 Å². The second-order valence-corrected chi connectivity index (χ2v) is 7.22. The van der Waals surface area contributed by atoms with Gasteiger partial charge in [-0.2, -0.15) is 3.82 Å². The lowest BCUT2D eigenvalue weighted by atomic mass is 9.97. The molecule has 0 saturated heterocycles. The summed E-state index contributed by atoms with van der Waals surface area (Å²) < 4.78 is 24.9. The summed E-state index contributed by atoms with van der Waals surface area (Å²) in [5.74, 6) is 1.16. The molecule has 1 rings (SSSR count). The van der Waals surface area contributed by atoms with E-state index in [4.69, 9.17) is 23.3 Å². The molecule has 0 amide bonds. The zero-order chi connectivity index (χ0) is 16.9. The molecule has 0 radical (unpaired) electrons. The average molecular weight is 344 g/mol. The van der Waals surface area contributed by atoms with E-state index < -0.39 is 21.2 Å². The topological polar surface area (TPSA) is 74.7 Å². The number of hydrogen-bond donors (Lipinski definition) is 1. The van der Waals surface area contributed by atoms with Crippen molar-refractivity contribution in [3.8, 4) is 12.3 Å². The number of anilines is 1. The maximum Gasteiger partial charge on any atom is 0.323 e. The van der Waals surface area contributed by atoms with Gasteiger partial charge in [-0.05, 0) is 30.5 Å². The number of terminal acetylenes is 1. The molecule has 2 atom stereocenters. The van der Waals surface area contributed by atoms with Crippen LogP contribution < -0.4 is 3.82 Å². The van der Waals surface area contributed by atoms with Crippen molar-refractivity contribution in [1.82, 2.24) is 0 Å². The lowest BCUT2D eigenvalue weighted by Crippen LogP contribution is -2.37. The van der Waals surface area contributed by atoms with Crippen LogP contribution in [0.4, 0.5) is 5.69 Å². The van der Waals surface area contributed by atoms with E-state index in [0.29, 0.717) is 3.82 Å². The van der Waals surface area contributed by atoms with Crippen molar-refractivity contribution in [1.29, 1.82) is 0 Å². The molecule has 1 aromatic rings. The van der Waals surface area contributed by atoms with Crippen LogP contribution in [-0.4, -0.2) is 24.7 Å². The summed E-state index contributed by atoms with van der Waals surface area (Å²) in [5, 5.41) is 7.41. The highest BCUT2D eigenvalue weighted by Crippen LogP contribution is 2.27. The predicted octanol–water partition coefficient (Wildman–Crippen LogP) is 2.97. The largest absolute Gasteiger partial charge is 0.480 e. The Kier molecular flexibility index (Phi) is 6.27. The Morgan fingerprint density at radius 2 is 1.86 bits per heavy atom. The molecule has 2 unspecified atom stereocenters. The van der Waals surface area contributed by atoms with Gasteiger partial charge in [-0.15, -0.1) is 6.42 Å². The van der Waals surface area contributed by atoms with Gasteiger partial charge >= 0.3 is 5.97 Å². The first-order chi connectivity index (χ1) is 10.3. The fraction of sp³-hybridized carbons (Fsp3) is 0.400. The highest BCUT2D eigenvalue weighted by molar-refractivity contribution is 7.95. The van der Waals surface area contributed by atoms with Crippen molar-refractivity contribution in [2.75, 3.05) is 3.82 Å². The van der Waals surface area contributed by atoms with E-state index in [9.17, 15) is 13.2 Å². The first-order valence-electron chi connectivity index (χ1n) is 6.78. The van der Waals surface area contributed by atoms with Crippen LogP contribution >= 0.6 is 11.8 Å². The molecule has 120 valence electrons. The molecule has 0 spiro atoms. The zero-order valence-corrected chi connectivity index (χ0v) is 13.9. The number of carboxylic acids is 1. The third-order valence-electron chi connectivity index (χ3n) is 3.34. The van der Waals surface area contributed by atoms with Gasteiger partial charge in [0.05, 0.1) is 5.69 Å².